The van der Waals surface area contributed by atoms with Gasteiger partial charge in [0.15, 0.2) is 0 Å². The summed E-state index contributed by atoms with van der Waals surface area (Å²) in [7, 11) is 0. The predicted octanol–water partition coefficient (Wildman–Crippen LogP) is 2.10. The van der Waals surface area contributed by atoms with Gasteiger partial charge in [-0.3, -0.25) is 4.90 Å². The first-order valence-corrected chi connectivity index (χ1v) is 7.17. The zero-order valence-corrected chi connectivity index (χ0v) is 12.4. The average molecular weight is 244 g/mol. The topological polar surface area (TPSA) is 35.5 Å². The molecule has 1 atom stereocenters. The highest BCUT2D eigenvalue weighted by atomic mass is 16.3. The fourth-order valence-electron chi connectivity index (χ4n) is 2.41. The quantitative estimate of drug-likeness (QED) is 0.618. The van der Waals surface area contributed by atoms with E-state index in [0.717, 1.165) is 19.6 Å². The smallest absolute Gasteiger partial charge is 0.0597 e. The van der Waals surface area contributed by atoms with E-state index in [1.807, 2.05) is 0 Å². The summed E-state index contributed by atoms with van der Waals surface area (Å²) < 4.78 is 0. The van der Waals surface area contributed by atoms with Crippen molar-refractivity contribution in [3.63, 3.8) is 0 Å². The van der Waals surface area contributed by atoms with Crippen LogP contribution in [0, 0.1) is 5.92 Å². The van der Waals surface area contributed by atoms with Crippen LogP contribution in [0.1, 0.15) is 47.5 Å². The Kier molecular flexibility index (Phi) is 9.79. The maximum Gasteiger partial charge on any atom is 0.0597 e. The van der Waals surface area contributed by atoms with Crippen LogP contribution >= 0.6 is 0 Å². The fourth-order valence-corrected chi connectivity index (χ4v) is 2.41. The predicted molar refractivity (Wildman–Crippen MR) is 75.3 cm³/mol. The number of rotatable bonds is 10. The van der Waals surface area contributed by atoms with E-state index in [2.05, 4.69) is 44.8 Å². The van der Waals surface area contributed by atoms with Crippen molar-refractivity contribution in [2.24, 2.45) is 5.92 Å². The molecular formula is C14H32N2O. The zero-order valence-electron chi connectivity index (χ0n) is 12.4. The monoisotopic (exact) mass is 244 g/mol. The van der Waals surface area contributed by atoms with Crippen LogP contribution < -0.4 is 5.32 Å². The molecule has 0 aromatic carbocycles. The molecule has 0 aliphatic carbocycles. The molecule has 0 bridgehead atoms. The number of likely N-dealkylation sites (N-methyl/N-ethyl adjacent to an activating group) is 1. The van der Waals surface area contributed by atoms with E-state index in [4.69, 9.17) is 0 Å². The molecule has 0 rings (SSSR count). The lowest BCUT2D eigenvalue weighted by atomic mass is 10.1. The fraction of sp³-hybridized carbons (Fsp3) is 1.00. The van der Waals surface area contributed by atoms with Crippen molar-refractivity contribution in [1.29, 1.82) is 0 Å². The number of nitrogens with one attached hydrogen (secondary N) is 1. The number of aliphatic hydroxyl groups excluding tert-OH is 1. The minimum atomic E-state index is 0.208. The maximum absolute atomic E-state index is 9.38. The molecule has 2 N–H and O–H groups in total. The molecule has 0 fully saturated rings. The van der Waals surface area contributed by atoms with Crippen LogP contribution in [0.5, 0.6) is 0 Å². The highest BCUT2D eigenvalue weighted by Gasteiger charge is 2.19. The molecule has 0 heterocycles. The number of aliphatic hydroxyl groups is 1. The first kappa shape index (κ1) is 16.9. The van der Waals surface area contributed by atoms with Gasteiger partial charge in [-0.05, 0) is 25.3 Å². The van der Waals surface area contributed by atoms with Gasteiger partial charge in [-0.2, -0.15) is 0 Å². The molecule has 0 aliphatic heterocycles. The van der Waals surface area contributed by atoms with Crippen molar-refractivity contribution in [3.8, 4) is 0 Å². The van der Waals surface area contributed by atoms with Crippen LogP contribution in [-0.4, -0.2) is 48.3 Å². The minimum Gasteiger partial charge on any atom is -0.395 e. The second kappa shape index (κ2) is 9.86. The molecular weight excluding hydrogens is 212 g/mol. The Morgan fingerprint density at radius 3 is 2.00 bits per heavy atom. The van der Waals surface area contributed by atoms with E-state index < -0.39 is 0 Å². The molecule has 0 aliphatic rings. The van der Waals surface area contributed by atoms with Gasteiger partial charge in [0.1, 0.15) is 0 Å². The van der Waals surface area contributed by atoms with Gasteiger partial charge in [0.05, 0.1) is 6.61 Å². The molecule has 3 nitrogen and oxygen atoms in total. The van der Waals surface area contributed by atoms with Gasteiger partial charge in [-0.15, -0.1) is 0 Å². The Balaban J connectivity index is 4.43. The van der Waals surface area contributed by atoms with Gasteiger partial charge in [-0.1, -0.05) is 34.6 Å². The first-order chi connectivity index (χ1) is 8.08. The molecule has 104 valence electrons. The van der Waals surface area contributed by atoms with E-state index in [0.29, 0.717) is 12.0 Å². The zero-order chi connectivity index (χ0) is 13.3. The lowest BCUT2D eigenvalue weighted by molar-refractivity contribution is 0.126. The van der Waals surface area contributed by atoms with Crippen molar-refractivity contribution >= 4 is 0 Å². The molecule has 3 heteroatoms. The third kappa shape index (κ3) is 7.02. The van der Waals surface area contributed by atoms with E-state index in [-0.39, 0.29) is 12.6 Å². The second-order valence-corrected chi connectivity index (χ2v) is 5.26. The summed E-state index contributed by atoms with van der Waals surface area (Å²) in [5.41, 5.74) is 0. The summed E-state index contributed by atoms with van der Waals surface area (Å²) in [6, 6.07) is 0.851. The summed E-state index contributed by atoms with van der Waals surface area (Å²) in [6.45, 7) is 14.3. The Hall–Kier alpha value is -0.120. The van der Waals surface area contributed by atoms with E-state index in [1.54, 1.807) is 0 Å². The molecule has 17 heavy (non-hydrogen) atoms. The number of hydrogen-bond donors (Lipinski definition) is 2. The molecule has 0 aromatic heterocycles. The van der Waals surface area contributed by atoms with Crippen LogP contribution in [0.15, 0.2) is 0 Å². The van der Waals surface area contributed by atoms with Crippen molar-refractivity contribution in [2.45, 2.75) is 59.5 Å². The largest absolute Gasteiger partial charge is 0.395 e. The lowest BCUT2D eigenvalue weighted by Gasteiger charge is -2.34. The van der Waals surface area contributed by atoms with Crippen molar-refractivity contribution in [1.82, 2.24) is 10.2 Å². The van der Waals surface area contributed by atoms with Crippen LogP contribution in [0.4, 0.5) is 0 Å². The molecule has 0 saturated carbocycles. The summed E-state index contributed by atoms with van der Waals surface area (Å²) >= 11 is 0. The minimum absolute atomic E-state index is 0.208. The van der Waals surface area contributed by atoms with Gasteiger partial charge in [0.2, 0.25) is 0 Å². The molecule has 0 aromatic rings. The summed E-state index contributed by atoms with van der Waals surface area (Å²) in [6.07, 6.45) is 2.38. The molecule has 0 saturated heterocycles. The Labute approximate surface area is 108 Å². The average Bonchev–Trinajstić information content (AvgIpc) is 2.29. The van der Waals surface area contributed by atoms with E-state index in [1.165, 1.54) is 12.8 Å². The van der Waals surface area contributed by atoms with Crippen LogP contribution in [0.2, 0.25) is 0 Å². The van der Waals surface area contributed by atoms with Gasteiger partial charge >= 0.3 is 0 Å². The Morgan fingerprint density at radius 2 is 1.65 bits per heavy atom. The van der Waals surface area contributed by atoms with Gasteiger partial charge in [0, 0.05) is 25.2 Å². The van der Waals surface area contributed by atoms with Gasteiger partial charge in [-0.25, -0.2) is 0 Å². The van der Waals surface area contributed by atoms with E-state index in [9.17, 15) is 5.11 Å². The van der Waals surface area contributed by atoms with Crippen LogP contribution in [-0.2, 0) is 0 Å². The normalized spacial score (nSPS) is 13.9. The third-order valence-corrected chi connectivity index (χ3v) is 3.23. The highest BCUT2D eigenvalue weighted by molar-refractivity contribution is 4.77. The van der Waals surface area contributed by atoms with Gasteiger partial charge in [0.25, 0.3) is 0 Å². The lowest BCUT2D eigenvalue weighted by Crippen LogP contribution is -2.48. The molecule has 0 radical (unpaired) electrons. The van der Waals surface area contributed by atoms with Gasteiger partial charge < -0.3 is 10.4 Å². The van der Waals surface area contributed by atoms with Crippen LogP contribution in [0.25, 0.3) is 0 Å². The SMILES string of the molecule is CCNC(CO)CN(CC(C)C)C(CC)CC. The summed E-state index contributed by atoms with van der Waals surface area (Å²) in [5, 5.41) is 12.7. The molecule has 1 unspecified atom stereocenters. The Morgan fingerprint density at radius 1 is 1.06 bits per heavy atom. The number of hydrogen-bond acceptors (Lipinski definition) is 3. The van der Waals surface area contributed by atoms with E-state index >= 15 is 0 Å². The maximum atomic E-state index is 9.38. The standard InChI is InChI=1S/C14H32N2O/c1-6-14(7-2)16(9-12(4)5)10-13(11-17)15-8-3/h12-15,17H,6-11H2,1-5H3. The summed E-state index contributed by atoms with van der Waals surface area (Å²) in [5.74, 6) is 0.677. The number of nitrogens with zero attached hydrogens (tertiary/aromatic N) is 1. The third-order valence-electron chi connectivity index (χ3n) is 3.23. The van der Waals surface area contributed by atoms with Crippen molar-refractivity contribution in [2.75, 3.05) is 26.2 Å². The highest BCUT2D eigenvalue weighted by Crippen LogP contribution is 2.12. The first-order valence-electron chi connectivity index (χ1n) is 7.17. The summed E-state index contributed by atoms with van der Waals surface area (Å²) in [4.78, 5) is 2.54. The van der Waals surface area contributed by atoms with Crippen molar-refractivity contribution in [3.05, 3.63) is 0 Å². The van der Waals surface area contributed by atoms with Crippen molar-refractivity contribution < 1.29 is 5.11 Å². The second-order valence-electron chi connectivity index (χ2n) is 5.26. The molecule has 0 amide bonds. The Bertz CT molecular complexity index is 170. The molecule has 0 spiro atoms. The van der Waals surface area contributed by atoms with Crippen LogP contribution in [0.3, 0.4) is 0 Å².